The van der Waals surface area contributed by atoms with Crippen LogP contribution in [0, 0.1) is 0 Å². The Kier molecular flexibility index (Phi) is 5.87. The van der Waals surface area contributed by atoms with Crippen LogP contribution in [-0.2, 0) is 16.1 Å². The van der Waals surface area contributed by atoms with Gasteiger partial charge in [0.15, 0.2) is 21.9 Å². The summed E-state index contributed by atoms with van der Waals surface area (Å²) < 4.78 is 29.0. The maximum absolute atomic E-state index is 13.0. The van der Waals surface area contributed by atoms with Crippen LogP contribution in [0.2, 0.25) is 0 Å². The van der Waals surface area contributed by atoms with Crippen LogP contribution < -0.4 is 19.0 Å². The van der Waals surface area contributed by atoms with Crippen molar-refractivity contribution < 1.29 is 33.0 Å². The highest BCUT2D eigenvalue weighted by Gasteiger charge is 2.20. The minimum atomic E-state index is -0.605. The van der Waals surface area contributed by atoms with Gasteiger partial charge in [0.2, 0.25) is 0 Å². The van der Waals surface area contributed by atoms with Crippen molar-refractivity contribution in [1.82, 2.24) is 4.57 Å². The van der Waals surface area contributed by atoms with Gasteiger partial charge >= 0.3 is 11.9 Å². The first-order valence-corrected chi connectivity index (χ1v) is 10.3. The van der Waals surface area contributed by atoms with Crippen LogP contribution in [0.3, 0.4) is 0 Å². The number of hydrogen-bond acceptors (Lipinski definition) is 8. The van der Waals surface area contributed by atoms with Crippen LogP contribution in [0.1, 0.15) is 10.6 Å². The van der Waals surface area contributed by atoms with Gasteiger partial charge in [-0.25, -0.2) is 0 Å². The van der Waals surface area contributed by atoms with Crippen LogP contribution in [0.5, 0.6) is 17.2 Å². The number of nitrogens with zero attached hydrogens (tertiary/aromatic N) is 2. The van der Waals surface area contributed by atoms with Gasteiger partial charge in [0, 0.05) is 5.39 Å². The molecule has 2 heterocycles. The second-order valence-corrected chi connectivity index (χ2v) is 7.58. The molecule has 2 aromatic heterocycles. The van der Waals surface area contributed by atoms with Gasteiger partial charge in [-0.15, -0.1) is 0 Å². The van der Waals surface area contributed by atoms with Gasteiger partial charge in [0.25, 0.3) is 0 Å². The molecule has 0 saturated heterocycles. The Hall–Kier alpha value is -3.79. The van der Waals surface area contributed by atoms with Gasteiger partial charge in [-0.1, -0.05) is 23.5 Å². The number of methoxy groups -OCH3 is 4. The van der Waals surface area contributed by atoms with Crippen LogP contribution in [0.4, 0.5) is 0 Å². The molecule has 0 bridgehead atoms. The van der Waals surface area contributed by atoms with Crippen LogP contribution in [-0.4, -0.2) is 44.9 Å². The Morgan fingerprint density at radius 3 is 2.41 bits per heavy atom. The first kappa shape index (κ1) is 21.4. The highest BCUT2D eigenvalue weighted by atomic mass is 32.1. The minimum absolute atomic E-state index is 0.0468. The van der Waals surface area contributed by atoms with Gasteiger partial charge < -0.3 is 27.9 Å². The predicted molar refractivity (Wildman–Crippen MR) is 118 cm³/mol. The predicted octanol–water partition coefficient (Wildman–Crippen LogP) is 3.39. The molecule has 0 aliphatic heterocycles. The minimum Gasteiger partial charge on any atom is -0.495 e. The molecule has 0 N–H and O–H groups in total. The molecule has 4 rings (SSSR count). The van der Waals surface area contributed by atoms with Gasteiger partial charge in [-0.2, -0.15) is 4.99 Å². The summed E-state index contributed by atoms with van der Waals surface area (Å²) in [5, 5.41) is 0.713. The monoisotopic (exact) mass is 456 g/mol. The molecule has 10 heteroatoms. The summed E-state index contributed by atoms with van der Waals surface area (Å²) in [6.45, 7) is -0.167. The number of furan rings is 1. The van der Waals surface area contributed by atoms with Crippen LogP contribution in [0.15, 0.2) is 45.8 Å². The highest BCUT2D eigenvalue weighted by molar-refractivity contribution is 7.16. The number of para-hydroxylation sites is 1. The number of fused-ring (bicyclic) bond motifs is 2. The van der Waals surface area contributed by atoms with Crippen molar-refractivity contribution in [3.8, 4) is 17.2 Å². The van der Waals surface area contributed by atoms with Crippen molar-refractivity contribution in [3.63, 3.8) is 0 Å². The first-order chi connectivity index (χ1) is 15.5. The molecule has 1 amide bonds. The largest absolute Gasteiger partial charge is 0.495 e. The molecule has 4 aromatic rings. The number of hydrogen-bond donors (Lipinski definition) is 0. The smallest absolute Gasteiger partial charge is 0.325 e. The van der Waals surface area contributed by atoms with E-state index in [0.717, 1.165) is 0 Å². The Morgan fingerprint density at radius 2 is 1.72 bits per heavy atom. The fourth-order valence-electron chi connectivity index (χ4n) is 3.32. The van der Waals surface area contributed by atoms with Crippen molar-refractivity contribution in [2.75, 3.05) is 28.4 Å². The number of carbonyl (C=O) groups excluding carboxylic acids is 2. The van der Waals surface area contributed by atoms with E-state index in [1.807, 2.05) is 6.07 Å². The Labute approximate surface area is 186 Å². The molecular formula is C22H20N2O7S. The van der Waals surface area contributed by atoms with E-state index >= 15 is 0 Å². The fraction of sp³-hybridized carbons (Fsp3) is 0.227. The number of amides is 1. The molecule has 0 unspecified atom stereocenters. The second kappa shape index (κ2) is 8.75. The summed E-state index contributed by atoms with van der Waals surface area (Å²) in [5.41, 5.74) is 1.02. The standard InChI is InChI=1S/C22H20N2O7S/c1-27-13-8-9-15(29-3)20-18(13)24(11-17(25)30-4)22(32-20)23-21(26)16-10-12-6-5-7-14(28-2)19(12)31-16/h5-10H,11H2,1-4H3. The molecule has 0 spiro atoms. The van der Waals surface area contributed by atoms with Crippen molar-refractivity contribution >= 4 is 44.4 Å². The number of aromatic nitrogens is 1. The number of thiazole rings is 1. The maximum atomic E-state index is 13.0. The van der Waals surface area contributed by atoms with Crippen LogP contribution >= 0.6 is 11.3 Å². The van der Waals surface area contributed by atoms with Gasteiger partial charge in [0.1, 0.15) is 28.3 Å². The van der Waals surface area contributed by atoms with Gasteiger partial charge in [-0.3, -0.25) is 9.59 Å². The summed E-state index contributed by atoms with van der Waals surface area (Å²) in [6, 6.07) is 10.4. The Balaban J connectivity index is 1.91. The maximum Gasteiger partial charge on any atom is 0.325 e. The van der Waals surface area contributed by atoms with Crippen molar-refractivity contribution in [2.24, 2.45) is 4.99 Å². The van der Waals surface area contributed by atoms with E-state index in [1.165, 1.54) is 39.8 Å². The number of benzene rings is 2. The van der Waals surface area contributed by atoms with Gasteiger partial charge in [0.05, 0.1) is 28.4 Å². The first-order valence-electron chi connectivity index (χ1n) is 9.47. The molecular weight excluding hydrogens is 436 g/mol. The lowest BCUT2D eigenvalue weighted by molar-refractivity contribution is -0.141. The molecule has 0 fully saturated rings. The molecule has 0 radical (unpaired) electrons. The van der Waals surface area contributed by atoms with E-state index in [2.05, 4.69) is 4.99 Å². The van der Waals surface area contributed by atoms with Crippen molar-refractivity contribution in [1.29, 1.82) is 0 Å². The molecule has 0 saturated carbocycles. The average Bonchev–Trinajstić information content (AvgIpc) is 3.40. The lowest BCUT2D eigenvalue weighted by Gasteiger charge is -2.09. The highest BCUT2D eigenvalue weighted by Crippen LogP contribution is 2.35. The lowest BCUT2D eigenvalue weighted by atomic mass is 10.2. The van der Waals surface area contributed by atoms with E-state index < -0.39 is 11.9 Å². The Bertz CT molecular complexity index is 1400. The topological polar surface area (TPSA) is 101 Å². The molecule has 32 heavy (non-hydrogen) atoms. The molecule has 0 aliphatic rings. The zero-order chi connectivity index (χ0) is 22.8. The quantitative estimate of drug-likeness (QED) is 0.410. The van der Waals surface area contributed by atoms with E-state index in [1.54, 1.807) is 34.9 Å². The zero-order valence-electron chi connectivity index (χ0n) is 17.8. The molecule has 9 nitrogen and oxygen atoms in total. The number of ether oxygens (including phenoxy) is 4. The number of esters is 1. The average molecular weight is 456 g/mol. The molecule has 0 aliphatic carbocycles. The third kappa shape index (κ3) is 3.69. The molecule has 166 valence electrons. The van der Waals surface area contributed by atoms with E-state index in [9.17, 15) is 9.59 Å². The number of rotatable bonds is 6. The fourth-order valence-corrected chi connectivity index (χ4v) is 4.46. The van der Waals surface area contributed by atoms with E-state index in [-0.39, 0.29) is 17.1 Å². The summed E-state index contributed by atoms with van der Waals surface area (Å²) in [7, 11) is 5.87. The summed E-state index contributed by atoms with van der Waals surface area (Å²) >= 11 is 1.19. The van der Waals surface area contributed by atoms with Crippen molar-refractivity contribution in [2.45, 2.75) is 6.54 Å². The second-order valence-electron chi connectivity index (χ2n) is 6.60. The summed E-state index contributed by atoms with van der Waals surface area (Å²) in [6.07, 6.45) is 0. The van der Waals surface area contributed by atoms with E-state index in [4.69, 9.17) is 23.4 Å². The van der Waals surface area contributed by atoms with Crippen LogP contribution in [0.25, 0.3) is 21.2 Å². The lowest BCUT2D eigenvalue weighted by Crippen LogP contribution is -2.22. The van der Waals surface area contributed by atoms with Gasteiger partial charge in [-0.05, 0) is 24.3 Å². The third-order valence-electron chi connectivity index (χ3n) is 4.84. The Morgan fingerprint density at radius 1 is 1.00 bits per heavy atom. The van der Waals surface area contributed by atoms with Crippen molar-refractivity contribution in [3.05, 3.63) is 47.0 Å². The molecule has 0 atom stereocenters. The molecule has 2 aromatic carbocycles. The number of carbonyl (C=O) groups is 2. The SMILES string of the molecule is COC(=O)Cn1c(=NC(=O)c2cc3cccc(OC)c3o2)sc2c(OC)ccc(OC)c21. The zero-order valence-corrected chi connectivity index (χ0v) is 18.6. The summed E-state index contributed by atoms with van der Waals surface area (Å²) in [5.74, 6) is 0.516. The normalized spacial score (nSPS) is 11.7. The summed E-state index contributed by atoms with van der Waals surface area (Å²) in [4.78, 5) is 29.6. The third-order valence-corrected chi connectivity index (χ3v) is 5.94. The van der Waals surface area contributed by atoms with E-state index in [0.29, 0.717) is 38.4 Å².